The molecule has 5 nitrogen and oxygen atoms in total. The second kappa shape index (κ2) is 6.00. The predicted octanol–water partition coefficient (Wildman–Crippen LogP) is 0.881. The second-order valence-electron chi connectivity index (χ2n) is 3.91. The van der Waals surface area contributed by atoms with Gasteiger partial charge in [-0.3, -0.25) is 4.79 Å². The molecule has 1 rings (SSSR count). The number of hydrogen-bond acceptors (Lipinski definition) is 3. The molecule has 92 valence electrons. The van der Waals surface area contributed by atoms with Gasteiger partial charge in [-0.05, 0) is 32.1 Å². The number of carbonyl (C=O) groups is 1. The van der Waals surface area contributed by atoms with Gasteiger partial charge in [-0.2, -0.15) is 0 Å². The number of sulfonamides is 1. The van der Waals surface area contributed by atoms with E-state index >= 15 is 0 Å². The van der Waals surface area contributed by atoms with Gasteiger partial charge in [0.25, 0.3) is 0 Å². The van der Waals surface area contributed by atoms with E-state index in [0.29, 0.717) is 13.0 Å². The van der Waals surface area contributed by atoms with Crippen molar-refractivity contribution < 1.29 is 18.3 Å². The average molecular weight is 247 g/mol. The van der Waals surface area contributed by atoms with Crippen molar-refractivity contribution in [2.24, 2.45) is 0 Å². The van der Waals surface area contributed by atoms with Gasteiger partial charge >= 0.3 is 5.97 Å². The molecule has 6 heteroatoms. The minimum absolute atomic E-state index is 0.293. The van der Waals surface area contributed by atoms with E-state index in [4.69, 9.17) is 5.11 Å². The largest absolute Gasteiger partial charge is 0.480 e. The van der Waals surface area contributed by atoms with Crippen LogP contribution in [0.15, 0.2) is 11.6 Å². The molecular weight excluding hydrogens is 230 g/mol. The molecule has 0 amide bonds. The zero-order valence-electron chi connectivity index (χ0n) is 9.11. The summed E-state index contributed by atoms with van der Waals surface area (Å²) in [6, 6.07) is 0. The number of carboxylic acid groups (broad SMARTS) is 1. The van der Waals surface area contributed by atoms with Crippen molar-refractivity contribution >= 4 is 16.0 Å². The third kappa shape index (κ3) is 5.27. The van der Waals surface area contributed by atoms with Crippen LogP contribution in [0.3, 0.4) is 0 Å². The molecule has 0 aromatic rings. The van der Waals surface area contributed by atoms with E-state index < -0.39 is 21.7 Å². The molecule has 0 aliphatic heterocycles. The Balaban J connectivity index is 2.29. The standard InChI is InChI=1S/C10H17NO4S/c12-10(13)8-16(14,15)11-7-6-9-4-2-1-3-5-9/h4,11H,1-3,5-8H2,(H,12,13). The van der Waals surface area contributed by atoms with Crippen LogP contribution < -0.4 is 4.72 Å². The number of carboxylic acids is 1. The summed E-state index contributed by atoms with van der Waals surface area (Å²) in [5, 5.41) is 8.37. The molecule has 0 bridgehead atoms. The van der Waals surface area contributed by atoms with E-state index in [0.717, 1.165) is 19.3 Å². The lowest BCUT2D eigenvalue weighted by Crippen LogP contribution is -2.30. The van der Waals surface area contributed by atoms with Gasteiger partial charge in [0.2, 0.25) is 10.0 Å². The van der Waals surface area contributed by atoms with Gasteiger partial charge in [-0.25, -0.2) is 13.1 Å². The normalized spacial score (nSPS) is 16.9. The Morgan fingerprint density at radius 1 is 1.44 bits per heavy atom. The Hall–Kier alpha value is -0.880. The molecule has 0 aromatic heterocycles. The van der Waals surface area contributed by atoms with Gasteiger partial charge in [0.1, 0.15) is 0 Å². The van der Waals surface area contributed by atoms with Crippen LogP contribution in [0, 0.1) is 0 Å². The van der Waals surface area contributed by atoms with Gasteiger partial charge < -0.3 is 5.11 Å². The molecule has 0 saturated carbocycles. The molecular formula is C10H17NO4S. The number of aliphatic carboxylic acids is 1. The summed E-state index contributed by atoms with van der Waals surface area (Å²) >= 11 is 0. The van der Waals surface area contributed by atoms with Crippen LogP contribution in [0.25, 0.3) is 0 Å². The lowest BCUT2D eigenvalue weighted by atomic mass is 9.97. The van der Waals surface area contributed by atoms with Crippen LogP contribution in [0.2, 0.25) is 0 Å². The fraction of sp³-hybridized carbons (Fsp3) is 0.700. The van der Waals surface area contributed by atoms with E-state index in [9.17, 15) is 13.2 Å². The molecule has 0 heterocycles. The fourth-order valence-electron chi connectivity index (χ4n) is 1.71. The van der Waals surface area contributed by atoms with Crippen LogP contribution in [0.5, 0.6) is 0 Å². The topological polar surface area (TPSA) is 83.5 Å². The van der Waals surface area contributed by atoms with Crippen LogP contribution >= 0.6 is 0 Å². The predicted molar refractivity (Wildman–Crippen MR) is 60.6 cm³/mol. The van der Waals surface area contributed by atoms with Crippen LogP contribution in [-0.2, 0) is 14.8 Å². The fourth-order valence-corrected chi connectivity index (χ4v) is 2.55. The molecule has 1 aliphatic rings. The number of allylic oxidation sites excluding steroid dienone is 1. The molecule has 1 aliphatic carbocycles. The quantitative estimate of drug-likeness (QED) is 0.682. The third-order valence-electron chi connectivity index (χ3n) is 2.47. The lowest BCUT2D eigenvalue weighted by Gasteiger charge is -2.12. The Kier molecular flexibility index (Phi) is 4.95. The first-order chi connectivity index (χ1) is 7.49. The molecule has 0 spiro atoms. The summed E-state index contributed by atoms with van der Waals surface area (Å²) in [4.78, 5) is 10.2. The first-order valence-corrected chi connectivity index (χ1v) is 7.02. The minimum Gasteiger partial charge on any atom is -0.480 e. The molecule has 0 fully saturated rings. The summed E-state index contributed by atoms with van der Waals surface area (Å²) in [6.45, 7) is 0.293. The van der Waals surface area contributed by atoms with Crippen molar-refractivity contribution in [2.75, 3.05) is 12.3 Å². The zero-order valence-corrected chi connectivity index (χ0v) is 9.92. The minimum atomic E-state index is -3.66. The van der Waals surface area contributed by atoms with E-state index in [1.807, 2.05) is 0 Å². The van der Waals surface area contributed by atoms with Crippen molar-refractivity contribution in [3.05, 3.63) is 11.6 Å². The molecule has 16 heavy (non-hydrogen) atoms. The number of rotatable bonds is 6. The first kappa shape index (κ1) is 13.2. The average Bonchev–Trinajstić information content (AvgIpc) is 2.16. The van der Waals surface area contributed by atoms with E-state index in [1.54, 1.807) is 0 Å². The Morgan fingerprint density at radius 3 is 2.75 bits per heavy atom. The summed E-state index contributed by atoms with van der Waals surface area (Å²) in [6.07, 6.45) is 7.29. The molecule has 0 saturated heterocycles. The summed E-state index contributed by atoms with van der Waals surface area (Å²) in [5.74, 6) is -2.18. The second-order valence-corrected chi connectivity index (χ2v) is 5.71. The van der Waals surface area contributed by atoms with Crippen molar-refractivity contribution in [2.45, 2.75) is 32.1 Å². The maximum absolute atomic E-state index is 11.2. The number of nitrogens with one attached hydrogen (secondary N) is 1. The summed E-state index contributed by atoms with van der Waals surface area (Å²) in [7, 11) is -3.66. The highest BCUT2D eigenvalue weighted by Crippen LogP contribution is 2.19. The smallest absolute Gasteiger partial charge is 0.320 e. The van der Waals surface area contributed by atoms with Gasteiger partial charge in [0, 0.05) is 6.54 Å². The third-order valence-corrected chi connectivity index (χ3v) is 3.74. The summed E-state index contributed by atoms with van der Waals surface area (Å²) < 4.78 is 24.6. The van der Waals surface area contributed by atoms with Crippen LogP contribution in [0.1, 0.15) is 32.1 Å². The van der Waals surface area contributed by atoms with Crippen LogP contribution in [0.4, 0.5) is 0 Å². The zero-order chi connectivity index (χ0) is 12.0. The number of hydrogen-bond donors (Lipinski definition) is 2. The van der Waals surface area contributed by atoms with Crippen molar-refractivity contribution in [3.8, 4) is 0 Å². The highest BCUT2D eigenvalue weighted by atomic mass is 32.2. The maximum Gasteiger partial charge on any atom is 0.320 e. The van der Waals surface area contributed by atoms with E-state index in [2.05, 4.69) is 10.8 Å². The molecule has 2 N–H and O–H groups in total. The van der Waals surface area contributed by atoms with Gasteiger partial charge in [0.15, 0.2) is 5.75 Å². The Morgan fingerprint density at radius 2 is 2.19 bits per heavy atom. The highest BCUT2D eigenvalue weighted by molar-refractivity contribution is 7.90. The maximum atomic E-state index is 11.2. The molecule has 0 radical (unpaired) electrons. The molecule has 0 aromatic carbocycles. The Bertz CT molecular complexity index is 372. The summed E-state index contributed by atoms with van der Waals surface area (Å²) in [5.41, 5.74) is 1.27. The molecule has 0 atom stereocenters. The SMILES string of the molecule is O=C(O)CS(=O)(=O)NCCC1=CCCCC1. The highest BCUT2D eigenvalue weighted by Gasteiger charge is 2.14. The van der Waals surface area contributed by atoms with Crippen molar-refractivity contribution in [1.82, 2.24) is 4.72 Å². The molecule has 0 unspecified atom stereocenters. The van der Waals surface area contributed by atoms with Crippen LogP contribution in [-0.4, -0.2) is 31.8 Å². The Labute approximate surface area is 95.6 Å². The van der Waals surface area contributed by atoms with E-state index in [1.165, 1.54) is 12.0 Å². The van der Waals surface area contributed by atoms with Crippen molar-refractivity contribution in [1.29, 1.82) is 0 Å². The van der Waals surface area contributed by atoms with Gasteiger partial charge in [-0.1, -0.05) is 11.6 Å². The van der Waals surface area contributed by atoms with Gasteiger partial charge in [0.05, 0.1) is 0 Å². The first-order valence-electron chi connectivity index (χ1n) is 5.37. The monoisotopic (exact) mass is 247 g/mol. The van der Waals surface area contributed by atoms with Gasteiger partial charge in [-0.15, -0.1) is 0 Å². The van der Waals surface area contributed by atoms with E-state index in [-0.39, 0.29) is 0 Å². The lowest BCUT2D eigenvalue weighted by molar-refractivity contribution is -0.134. The van der Waals surface area contributed by atoms with Crippen molar-refractivity contribution in [3.63, 3.8) is 0 Å².